The van der Waals surface area contributed by atoms with Crippen molar-refractivity contribution in [2.45, 2.75) is 32.6 Å². The third-order valence-corrected chi connectivity index (χ3v) is 4.06. The quantitative estimate of drug-likeness (QED) is 0.636. The SMILES string of the molecule is CCCC(C)C(CBr)c1cccc(Br)c1. The Morgan fingerprint density at radius 1 is 1.33 bits per heavy atom. The lowest BCUT2D eigenvalue weighted by Crippen LogP contribution is -2.11. The molecule has 1 aromatic carbocycles. The Kier molecular flexibility index (Phi) is 5.91. The second kappa shape index (κ2) is 6.70. The maximum Gasteiger partial charge on any atom is 0.0178 e. The van der Waals surface area contributed by atoms with Gasteiger partial charge < -0.3 is 0 Å². The van der Waals surface area contributed by atoms with Gasteiger partial charge in [-0.05, 0) is 29.5 Å². The molecule has 1 rings (SSSR count). The fourth-order valence-corrected chi connectivity index (χ4v) is 3.39. The Bertz CT molecular complexity index is 296. The lowest BCUT2D eigenvalue weighted by atomic mass is 9.86. The van der Waals surface area contributed by atoms with Crippen LogP contribution in [-0.2, 0) is 0 Å². The van der Waals surface area contributed by atoms with Crippen LogP contribution in [0.2, 0.25) is 0 Å². The van der Waals surface area contributed by atoms with Gasteiger partial charge >= 0.3 is 0 Å². The van der Waals surface area contributed by atoms with Gasteiger partial charge in [0.05, 0.1) is 0 Å². The molecular weight excluding hydrogens is 316 g/mol. The van der Waals surface area contributed by atoms with Crippen molar-refractivity contribution in [1.29, 1.82) is 0 Å². The second-order valence-electron chi connectivity index (χ2n) is 4.08. The summed E-state index contributed by atoms with van der Waals surface area (Å²) in [7, 11) is 0. The summed E-state index contributed by atoms with van der Waals surface area (Å²) >= 11 is 7.16. The average Bonchev–Trinajstić information content (AvgIpc) is 2.19. The molecule has 84 valence electrons. The Balaban J connectivity index is 2.82. The van der Waals surface area contributed by atoms with Gasteiger partial charge in [0.25, 0.3) is 0 Å². The van der Waals surface area contributed by atoms with Crippen LogP contribution in [0, 0.1) is 5.92 Å². The summed E-state index contributed by atoms with van der Waals surface area (Å²) in [5, 5.41) is 1.05. The maximum absolute atomic E-state index is 3.63. The second-order valence-corrected chi connectivity index (χ2v) is 5.64. The lowest BCUT2D eigenvalue weighted by Gasteiger charge is -2.22. The average molecular weight is 334 g/mol. The van der Waals surface area contributed by atoms with Crippen molar-refractivity contribution in [3.63, 3.8) is 0 Å². The van der Waals surface area contributed by atoms with Crippen molar-refractivity contribution in [2.24, 2.45) is 5.92 Å². The molecule has 15 heavy (non-hydrogen) atoms. The predicted molar refractivity (Wildman–Crippen MR) is 74.7 cm³/mol. The zero-order valence-electron chi connectivity index (χ0n) is 9.34. The third-order valence-electron chi connectivity index (χ3n) is 2.87. The molecule has 0 spiro atoms. The van der Waals surface area contributed by atoms with Gasteiger partial charge in [-0.3, -0.25) is 0 Å². The Labute approximate surface area is 110 Å². The molecule has 0 aliphatic heterocycles. The van der Waals surface area contributed by atoms with Crippen LogP contribution in [0.3, 0.4) is 0 Å². The molecule has 2 heteroatoms. The molecule has 0 amide bonds. The zero-order valence-corrected chi connectivity index (χ0v) is 12.5. The molecule has 0 saturated carbocycles. The van der Waals surface area contributed by atoms with E-state index in [0.29, 0.717) is 5.92 Å². The van der Waals surface area contributed by atoms with Crippen molar-refractivity contribution >= 4 is 31.9 Å². The van der Waals surface area contributed by atoms with E-state index in [0.717, 1.165) is 11.2 Å². The molecule has 0 saturated heterocycles. The highest BCUT2D eigenvalue weighted by molar-refractivity contribution is 9.10. The van der Waals surface area contributed by atoms with Crippen LogP contribution in [0.25, 0.3) is 0 Å². The minimum absolute atomic E-state index is 0.627. The first kappa shape index (κ1) is 13.2. The zero-order chi connectivity index (χ0) is 11.3. The van der Waals surface area contributed by atoms with Crippen molar-refractivity contribution in [3.8, 4) is 0 Å². The van der Waals surface area contributed by atoms with Gasteiger partial charge in [-0.2, -0.15) is 0 Å². The van der Waals surface area contributed by atoms with E-state index in [4.69, 9.17) is 0 Å². The summed E-state index contributed by atoms with van der Waals surface area (Å²) in [6.45, 7) is 4.60. The first-order valence-corrected chi connectivity index (χ1v) is 7.42. The molecule has 2 atom stereocenters. The molecular formula is C13H18Br2. The normalized spacial score (nSPS) is 14.9. The largest absolute Gasteiger partial charge is 0.0921 e. The summed E-state index contributed by atoms with van der Waals surface area (Å²) in [5.74, 6) is 1.37. The molecule has 0 aliphatic carbocycles. The van der Waals surface area contributed by atoms with E-state index in [-0.39, 0.29) is 0 Å². The van der Waals surface area contributed by atoms with E-state index in [1.54, 1.807) is 0 Å². The van der Waals surface area contributed by atoms with Gasteiger partial charge in [-0.15, -0.1) is 0 Å². The van der Waals surface area contributed by atoms with Crippen molar-refractivity contribution in [2.75, 3.05) is 5.33 Å². The van der Waals surface area contributed by atoms with E-state index >= 15 is 0 Å². The monoisotopic (exact) mass is 332 g/mol. The Morgan fingerprint density at radius 3 is 2.60 bits per heavy atom. The number of hydrogen-bond donors (Lipinski definition) is 0. The van der Waals surface area contributed by atoms with Crippen molar-refractivity contribution in [3.05, 3.63) is 34.3 Å². The van der Waals surface area contributed by atoms with Gasteiger partial charge in [0.2, 0.25) is 0 Å². The maximum atomic E-state index is 3.63. The fourth-order valence-electron chi connectivity index (χ4n) is 1.96. The molecule has 0 aromatic heterocycles. The molecule has 2 unspecified atom stereocenters. The molecule has 0 radical (unpaired) electrons. The van der Waals surface area contributed by atoms with E-state index in [1.165, 1.54) is 22.9 Å². The van der Waals surface area contributed by atoms with Crippen molar-refractivity contribution < 1.29 is 0 Å². The number of hydrogen-bond acceptors (Lipinski definition) is 0. The minimum Gasteiger partial charge on any atom is -0.0921 e. The highest BCUT2D eigenvalue weighted by Crippen LogP contribution is 2.30. The van der Waals surface area contributed by atoms with Gasteiger partial charge in [-0.1, -0.05) is 70.7 Å². The van der Waals surface area contributed by atoms with Gasteiger partial charge in [0, 0.05) is 9.80 Å². The smallest absolute Gasteiger partial charge is 0.0178 e. The Morgan fingerprint density at radius 2 is 2.07 bits per heavy atom. The standard InChI is InChI=1S/C13H18Br2/c1-3-5-10(2)13(9-14)11-6-4-7-12(15)8-11/h4,6-8,10,13H,3,5,9H2,1-2H3. The van der Waals surface area contributed by atoms with Crippen molar-refractivity contribution in [1.82, 2.24) is 0 Å². The van der Waals surface area contributed by atoms with Crippen LogP contribution in [0.5, 0.6) is 0 Å². The first-order valence-electron chi connectivity index (χ1n) is 5.50. The summed E-state index contributed by atoms with van der Waals surface area (Å²) < 4.78 is 1.18. The van der Waals surface area contributed by atoms with Crippen LogP contribution in [0.1, 0.15) is 38.2 Å². The van der Waals surface area contributed by atoms with Crippen LogP contribution in [0.15, 0.2) is 28.7 Å². The van der Waals surface area contributed by atoms with E-state index in [2.05, 4.69) is 70.0 Å². The summed E-state index contributed by atoms with van der Waals surface area (Å²) in [4.78, 5) is 0. The summed E-state index contributed by atoms with van der Waals surface area (Å²) in [6.07, 6.45) is 2.56. The number of benzene rings is 1. The number of halogens is 2. The molecule has 1 aromatic rings. The van der Waals surface area contributed by atoms with Crippen LogP contribution in [0.4, 0.5) is 0 Å². The summed E-state index contributed by atoms with van der Waals surface area (Å²) in [6, 6.07) is 8.66. The molecule has 0 N–H and O–H groups in total. The van der Waals surface area contributed by atoms with Crippen LogP contribution < -0.4 is 0 Å². The highest BCUT2D eigenvalue weighted by Gasteiger charge is 2.17. The molecule has 0 nitrogen and oxygen atoms in total. The Hall–Kier alpha value is 0.180. The first-order chi connectivity index (χ1) is 7.19. The number of alkyl halides is 1. The van der Waals surface area contributed by atoms with Gasteiger partial charge in [-0.25, -0.2) is 0 Å². The van der Waals surface area contributed by atoms with Gasteiger partial charge in [0.1, 0.15) is 0 Å². The fraction of sp³-hybridized carbons (Fsp3) is 0.538. The van der Waals surface area contributed by atoms with Crippen LogP contribution in [-0.4, -0.2) is 5.33 Å². The lowest BCUT2D eigenvalue weighted by molar-refractivity contribution is 0.454. The van der Waals surface area contributed by atoms with E-state index in [9.17, 15) is 0 Å². The highest BCUT2D eigenvalue weighted by atomic mass is 79.9. The molecule has 0 aliphatic rings. The topological polar surface area (TPSA) is 0 Å². The molecule has 0 fully saturated rings. The predicted octanol–water partition coefficient (Wildman–Crippen LogP) is 5.36. The third kappa shape index (κ3) is 3.92. The van der Waals surface area contributed by atoms with E-state index < -0.39 is 0 Å². The minimum atomic E-state index is 0.627. The number of rotatable bonds is 5. The summed E-state index contributed by atoms with van der Waals surface area (Å²) in [5.41, 5.74) is 1.43. The van der Waals surface area contributed by atoms with Gasteiger partial charge in [0.15, 0.2) is 0 Å². The van der Waals surface area contributed by atoms with Crippen LogP contribution >= 0.6 is 31.9 Å². The molecule has 0 heterocycles. The molecule has 0 bridgehead atoms. The van der Waals surface area contributed by atoms with E-state index in [1.807, 2.05) is 0 Å².